The molecule has 1 saturated carbocycles. The number of halogens is 1. The second kappa shape index (κ2) is 5.65. The number of ketones is 1. The molecule has 0 amide bonds. The summed E-state index contributed by atoms with van der Waals surface area (Å²) in [5.74, 6) is 1.28. The van der Waals surface area contributed by atoms with Crippen molar-refractivity contribution in [2.45, 2.75) is 19.8 Å². The molecule has 0 heterocycles. The van der Waals surface area contributed by atoms with E-state index in [4.69, 9.17) is 9.47 Å². The van der Waals surface area contributed by atoms with Gasteiger partial charge in [-0.25, -0.2) is 0 Å². The van der Waals surface area contributed by atoms with Crippen LogP contribution < -0.4 is 4.74 Å². The number of rotatable bonds is 6. The molecule has 0 N–H and O–H groups in total. The van der Waals surface area contributed by atoms with Gasteiger partial charge in [-0.15, -0.1) is 0 Å². The predicted octanol–water partition coefficient (Wildman–Crippen LogP) is 3.41. The highest BCUT2D eigenvalue weighted by atomic mass is 79.9. The van der Waals surface area contributed by atoms with Gasteiger partial charge in [-0.3, -0.25) is 4.79 Å². The van der Waals surface area contributed by atoms with Crippen molar-refractivity contribution in [3.05, 3.63) is 28.2 Å². The molecule has 0 radical (unpaired) electrons. The highest BCUT2D eigenvalue weighted by Gasteiger charge is 2.21. The zero-order valence-electron chi connectivity index (χ0n) is 9.74. The highest BCUT2D eigenvalue weighted by molar-refractivity contribution is 9.10. The van der Waals surface area contributed by atoms with Crippen molar-refractivity contribution in [3.8, 4) is 5.75 Å². The van der Waals surface area contributed by atoms with E-state index in [1.807, 2.05) is 6.07 Å². The van der Waals surface area contributed by atoms with Crippen LogP contribution in [-0.2, 0) is 4.74 Å². The summed E-state index contributed by atoms with van der Waals surface area (Å²) >= 11 is 3.36. The van der Waals surface area contributed by atoms with E-state index in [-0.39, 0.29) is 12.6 Å². The number of hydrogen-bond acceptors (Lipinski definition) is 3. The first-order chi connectivity index (χ1) is 8.16. The van der Waals surface area contributed by atoms with Crippen LogP contribution in [0, 0.1) is 5.92 Å². The summed E-state index contributed by atoms with van der Waals surface area (Å²) in [5, 5.41) is 0. The van der Waals surface area contributed by atoms with Crippen molar-refractivity contribution in [1.82, 2.24) is 0 Å². The third-order valence-electron chi connectivity index (χ3n) is 2.67. The summed E-state index contributed by atoms with van der Waals surface area (Å²) in [6.45, 7) is 2.48. The molecule has 17 heavy (non-hydrogen) atoms. The number of carbonyl (C=O) groups is 1. The van der Waals surface area contributed by atoms with Gasteiger partial charge in [0.05, 0.1) is 12.2 Å². The maximum Gasteiger partial charge on any atom is 0.189 e. The number of benzene rings is 1. The number of carbonyl (C=O) groups excluding carboxylic acids is 1. The van der Waals surface area contributed by atoms with Gasteiger partial charge in [-0.2, -0.15) is 0 Å². The Labute approximate surface area is 109 Å². The minimum absolute atomic E-state index is 0.00491. The van der Waals surface area contributed by atoms with E-state index in [0.29, 0.717) is 17.2 Å². The fraction of sp³-hybridized carbons (Fsp3) is 0.462. The second-order valence-corrected chi connectivity index (χ2v) is 5.19. The Bertz CT molecular complexity index is 413. The molecule has 0 bridgehead atoms. The van der Waals surface area contributed by atoms with Crippen molar-refractivity contribution in [1.29, 1.82) is 0 Å². The Morgan fingerprint density at radius 2 is 2.24 bits per heavy atom. The zero-order chi connectivity index (χ0) is 12.3. The van der Waals surface area contributed by atoms with Gasteiger partial charge in [-0.1, -0.05) is 15.9 Å². The van der Waals surface area contributed by atoms with Crippen LogP contribution in [0.25, 0.3) is 0 Å². The van der Waals surface area contributed by atoms with Crippen molar-refractivity contribution >= 4 is 21.7 Å². The van der Waals surface area contributed by atoms with Gasteiger partial charge >= 0.3 is 0 Å². The molecule has 1 fully saturated rings. The van der Waals surface area contributed by atoms with Gasteiger partial charge < -0.3 is 9.47 Å². The van der Waals surface area contributed by atoms with Crippen LogP contribution in [-0.4, -0.2) is 19.2 Å². The number of ether oxygens (including phenoxy) is 2. The van der Waals surface area contributed by atoms with Gasteiger partial charge in [-0.05, 0) is 43.9 Å². The first kappa shape index (κ1) is 12.6. The van der Waals surface area contributed by atoms with Crippen molar-refractivity contribution in [2.75, 3.05) is 13.4 Å². The summed E-state index contributed by atoms with van der Waals surface area (Å²) < 4.78 is 11.8. The molecular weight excluding hydrogens is 284 g/mol. The minimum Gasteiger partial charge on any atom is -0.467 e. The molecule has 1 aliphatic rings. The van der Waals surface area contributed by atoms with E-state index in [9.17, 15) is 4.79 Å². The van der Waals surface area contributed by atoms with Crippen LogP contribution in [0.3, 0.4) is 0 Å². The van der Waals surface area contributed by atoms with Gasteiger partial charge in [0.25, 0.3) is 0 Å². The quantitative estimate of drug-likeness (QED) is 0.459. The Morgan fingerprint density at radius 1 is 1.47 bits per heavy atom. The lowest BCUT2D eigenvalue weighted by Crippen LogP contribution is -2.07. The van der Waals surface area contributed by atoms with Crippen LogP contribution in [0.15, 0.2) is 22.7 Å². The van der Waals surface area contributed by atoms with E-state index in [2.05, 4.69) is 15.9 Å². The zero-order valence-corrected chi connectivity index (χ0v) is 11.3. The van der Waals surface area contributed by atoms with Crippen molar-refractivity contribution < 1.29 is 14.3 Å². The highest BCUT2D eigenvalue weighted by Crippen LogP contribution is 2.29. The molecule has 4 heteroatoms. The molecule has 0 saturated heterocycles. The van der Waals surface area contributed by atoms with Crippen LogP contribution in [0.2, 0.25) is 0 Å². The third-order valence-corrected chi connectivity index (χ3v) is 3.16. The average molecular weight is 299 g/mol. The Hall–Kier alpha value is -0.870. The lowest BCUT2D eigenvalue weighted by Gasteiger charge is -2.10. The lowest BCUT2D eigenvalue weighted by atomic mass is 10.1. The molecule has 0 spiro atoms. The maximum absolute atomic E-state index is 11.4. The molecule has 92 valence electrons. The summed E-state index contributed by atoms with van der Waals surface area (Å²) in [7, 11) is 0. The Kier molecular flexibility index (Phi) is 4.18. The van der Waals surface area contributed by atoms with Gasteiger partial charge in [0.1, 0.15) is 5.75 Å². The summed E-state index contributed by atoms with van der Waals surface area (Å²) in [4.78, 5) is 11.4. The van der Waals surface area contributed by atoms with E-state index < -0.39 is 0 Å². The van der Waals surface area contributed by atoms with Gasteiger partial charge in [0.15, 0.2) is 12.6 Å². The molecule has 0 unspecified atom stereocenters. The summed E-state index contributed by atoms with van der Waals surface area (Å²) in [5.41, 5.74) is 0.586. The van der Waals surface area contributed by atoms with E-state index in [1.54, 1.807) is 12.1 Å². The minimum atomic E-state index is -0.00491. The molecule has 2 rings (SSSR count). The number of hydrogen-bond donors (Lipinski definition) is 0. The average Bonchev–Trinajstić information content (AvgIpc) is 3.08. The summed E-state index contributed by atoms with van der Waals surface area (Å²) in [6, 6.07) is 5.37. The Morgan fingerprint density at radius 3 is 2.88 bits per heavy atom. The normalized spacial score (nSPS) is 14.7. The molecule has 0 aromatic heterocycles. The predicted molar refractivity (Wildman–Crippen MR) is 68.3 cm³/mol. The standard InChI is InChI=1S/C13H15BrO3/c1-9(15)12-5-4-11(14)6-13(12)17-8-16-7-10-2-3-10/h4-6,10H,2-3,7-8H2,1H3. The third kappa shape index (κ3) is 3.82. The lowest BCUT2D eigenvalue weighted by molar-refractivity contribution is 0.00957. The van der Waals surface area contributed by atoms with E-state index in [0.717, 1.165) is 11.1 Å². The number of Topliss-reactive ketones (excluding diaryl/α,β-unsaturated/α-hetero) is 1. The first-order valence-electron chi connectivity index (χ1n) is 5.68. The van der Waals surface area contributed by atoms with Crippen LogP contribution in [0.1, 0.15) is 30.1 Å². The molecular formula is C13H15BrO3. The Balaban J connectivity index is 1.92. The topological polar surface area (TPSA) is 35.5 Å². The van der Waals surface area contributed by atoms with Crippen molar-refractivity contribution in [2.24, 2.45) is 5.92 Å². The van der Waals surface area contributed by atoms with Crippen molar-refractivity contribution in [3.63, 3.8) is 0 Å². The van der Waals surface area contributed by atoms with Gasteiger partial charge in [0.2, 0.25) is 0 Å². The molecule has 3 nitrogen and oxygen atoms in total. The fourth-order valence-electron chi connectivity index (χ4n) is 1.51. The second-order valence-electron chi connectivity index (χ2n) is 4.27. The fourth-order valence-corrected chi connectivity index (χ4v) is 1.85. The SMILES string of the molecule is CC(=O)c1ccc(Br)cc1OCOCC1CC1. The van der Waals surface area contributed by atoms with Crippen LogP contribution in [0.4, 0.5) is 0 Å². The largest absolute Gasteiger partial charge is 0.467 e. The molecule has 1 aromatic carbocycles. The molecule has 0 aliphatic heterocycles. The maximum atomic E-state index is 11.4. The van der Waals surface area contributed by atoms with Crippen LogP contribution in [0.5, 0.6) is 5.75 Å². The summed E-state index contributed by atoms with van der Waals surface area (Å²) in [6.07, 6.45) is 2.52. The molecule has 0 atom stereocenters. The molecule has 1 aliphatic carbocycles. The molecule has 1 aromatic rings. The van der Waals surface area contributed by atoms with Gasteiger partial charge in [0, 0.05) is 4.47 Å². The smallest absolute Gasteiger partial charge is 0.189 e. The van der Waals surface area contributed by atoms with Crippen LogP contribution >= 0.6 is 15.9 Å². The van der Waals surface area contributed by atoms with E-state index in [1.165, 1.54) is 19.8 Å². The first-order valence-corrected chi connectivity index (χ1v) is 6.47. The van der Waals surface area contributed by atoms with E-state index >= 15 is 0 Å². The monoisotopic (exact) mass is 298 g/mol.